The maximum absolute atomic E-state index is 11.3. The zero-order chi connectivity index (χ0) is 12.7. The molecule has 0 unspecified atom stereocenters. The highest BCUT2D eigenvalue weighted by molar-refractivity contribution is 9.10. The second-order valence-corrected chi connectivity index (χ2v) is 4.67. The van der Waals surface area contributed by atoms with E-state index in [-0.39, 0.29) is 5.91 Å². The minimum absolute atomic E-state index is 0.00530. The normalized spacial score (nSPS) is 10.4. The summed E-state index contributed by atoms with van der Waals surface area (Å²) in [6.07, 6.45) is 1.16. The molecule has 0 radical (unpaired) electrons. The molecule has 5 heteroatoms. The monoisotopic (exact) mass is 300 g/mol. The number of carbonyl (C=O) groups excluding carboxylic acids is 1. The fourth-order valence-electron chi connectivity index (χ4n) is 1.28. The van der Waals surface area contributed by atoms with Gasteiger partial charge < -0.3 is 4.74 Å². The van der Waals surface area contributed by atoms with Crippen molar-refractivity contribution in [2.45, 2.75) is 12.8 Å². The molecule has 0 aromatic heterocycles. The number of nitrogens with zero attached hydrogens (tertiary/aromatic N) is 1. The molecule has 4 nitrogen and oxygen atoms in total. The Morgan fingerprint density at radius 3 is 2.76 bits per heavy atom. The summed E-state index contributed by atoms with van der Waals surface area (Å²) in [6.45, 7) is 0.531. The third-order valence-electron chi connectivity index (χ3n) is 1.99. The van der Waals surface area contributed by atoms with E-state index in [1.165, 1.54) is 0 Å². The van der Waals surface area contributed by atoms with Crippen LogP contribution in [-0.4, -0.2) is 31.6 Å². The number of carbonyl (C=O) groups is 1. The van der Waals surface area contributed by atoms with Crippen molar-refractivity contribution < 1.29 is 9.53 Å². The fraction of sp³-hybridized carbons (Fsp3) is 0.417. The Morgan fingerprint density at radius 1 is 1.41 bits per heavy atom. The van der Waals surface area contributed by atoms with E-state index in [1.807, 2.05) is 24.3 Å². The van der Waals surface area contributed by atoms with Crippen molar-refractivity contribution in [2.75, 3.05) is 20.7 Å². The number of nitrogens with one attached hydrogen (secondary N) is 1. The van der Waals surface area contributed by atoms with Crippen molar-refractivity contribution >= 4 is 21.8 Å². The van der Waals surface area contributed by atoms with Crippen LogP contribution in [0.25, 0.3) is 0 Å². The van der Waals surface area contributed by atoms with E-state index in [0.29, 0.717) is 19.4 Å². The van der Waals surface area contributed by atoms with Crippen molar-refractivity contribution in [1.29, 1.82) is 0 Å². The van der Waals surface area contributed by atoms with Crippen LogP contribution < -0.4 is 10.2 Å². The van der Waals surface area contributed by atoms with Gasteiger partial charge in [0, 0.05) is 20.5 Å². The van der Waals surface area contributed by atoms with Gasteiger partial charge in [0.1, 0.15) is 5.75 Å². The average Bonchev–Trinajstić information content (AvgIpc) is 2.25. The summed E-state index contributed by atoms with van der Waals surface area (Å²) < 4.78 is 6.48. The molecular formula is C12H17BrN2O2. The summed E-state index contributed by atoms with van der Waals surface area (Å²) >= 11 is 3.40. The fourth-order valence-corrected chi connectivity index (χ4v) is 1.68. The summed E-state index contributed by atoms with van der Waals surface area (Å²) in [5, 5.41) is 1.64. The molecule has 1 N–H and O–H groups in total. The van der Waals surface area contributed by atoms with Gasteiger partial charge in [-0.05, 0) is 34.5 Å². The highest BCUT2D eigenvalue weighted by Gasteiger charge is 2.03. The number of halogens is 1. The third-order valence-corrected chi connectivity index (χ3v) is 2.65. The van der Waals surface area contributed by atoms with Gasteiger partial charge in [-0.3, -0.25) is 10.2 Å². The first-order valence-electron chi connectivity index (χ1n) is 5.43. The van der Waals surface area contributed by atoms with Crippen molar-refractivity contribution in [3.05, 3.63) is 28.7 Å². The number of para-hydroxylation sites is 1. The Labute approximate surface area is 110 Å². The predicted molar refractivity (Wildman–Crippen MR) is 70.7 cm³/mol. The zero-order valence-corrected chi connectivity index (χ0v) is 11.7. The van der Waals surface area contributed by atoms with Crippen molar-refractivity contribution in [3.63, 3.8) is 0 Å². The molecule has 0 atom stereocenters. The number of amides is 1. The van der Waals surface area contributed by atoms with Crippen LogP contribution in [0.2, 0.25) is 0 Å². The van der Waals surface area contributed by atoms with Crippen LogP contribution in [0.1, 0.15) is 12.8 Å². The summed E-state index contributed by atoms with van der Waals surface area (Å²) in [5.41, 5.74) is 2.68. The molecule has 0 heterocycles. The zero-order valence-electron chi connectivity index (χ0n) is 10.1. The molecular weight excluding hydrogens is 284 g/mol. The summed E-state index contributed by atoms with van der Waals surface area (Å²) in [6, 6.07) is 7.67. The van der Waals surface area contributed by atoms with Crippen LogP contribution in [0.3, 0.4) is 0 Å². The molecule has 0 saturated carbocycles. The maximum atomic E-state index is 11.3. The third kappa shape index (κ3) is 5.70. The quantitative estimate of drug-likeness (QED) is 0.647. The van der Waals surface area contributed by atoms with Gasteiger partial charge >= 0.3 is 0 Å². The maximum Gasteiger partial charge on any atom is 0.234 e. The molecule has 1 aromatic rings. The minimum Gasteiger partial charge on any atom is -0.492 e. The van der Waals surface area contributed by atoms with E-state index in [4.69, 9.17) is 4.74 Å². The topological polar surface area (TPSA) is 41.6 Å². The lowest BCUT2D eigenvalue weighted by Crippen LogP contribution is -2.36. The molecule has 1 rings (SSSR count). The lowest BCUT2D eigenvalue weighted by molar-refractivity contribution is -0.125. The molecule has 1 amide bonds. The Balaban J connectivity index is 2.21. The molecule has 0 aliphatic carbocycles. The number of benzene rings is 1. The van der Waals surface area contributed by atoms with Gasteiger partial charge in [0.2, 0.25) is 5.91 Å². The first-order valence-corrected chi connectivity index (χ1v) is 6.23. The van der Waals surface area contributed by atoms with Crippen molar-refractivity contribution in [3.8, 4) is 5.75 Å². The van der Waals surface area contributed by atoms with Crippen molar-refractivity contribution in [2.24, 2.45) is 0 Å². The highest BCUT2D eigenvalue weighted by atomic mass is 79.9. The largest absolute Gasteiger partial charge is 0.492 e. The Bertz CT molecular complexity index is 369. The summed E-state index contributed by atoms with van der Waals surface area (Å²) in [5.74, 6) is 0.811. The molecule has 0 spiro atoms. The summed E-state index contributed by atoms with van der Waals surface area (Å²) in [4.78, 5) is 11.3. The SMILES string of the molecule is CN(C)NC(=O)CCCOc1ccccc1Br. The number of hydrogen-bond donors (Lipinski definition) is 1. The van der Waals surface area contributed by atoms with Gasteiger partial charge in [0.05, 0.1) is 11.1 Å². The molecule has 0 fully saturated rings. The molecule has 17 heavy (non-hydrogen) atoms. The smallest absolute Gasteiger partial charge is 0.234 e. The minimum atomic E-state index is 0.00530. The van der Waals surface area contributed by atoms with Crippen molar-refractivity contribution in [1.82, 2.24) is 10.4 Å². The van der Waals surface area contributed by atoms with Crippen LogP contribution in [0, 0.1) is 0 Å². The molecule has 0 aliphatic heterocycles. The molecule has 0 aliphatic rings. The van der Waals surface area contributed by atoms with E-state index in [0.717, 1.165) is 10.2 Å². The Hall–Kier alpha value is -1.07. The lowest BCUT2D eigenvalue weighted by Gasteiger charge is -2.12. The Morgan fingerprint density at radius 2 is 2.12 bits per heavy atom. The van der Waals surface area contributed by atoms with Gasteiger partial charge in [-0.1, -0.05) is 12.1 Å². The van der Waals surface area contributed by atoms with Gasteiger partial charge in [0.15, 0.2) is 0 Å². The predicted octanol–water partition coefficient (Wildman–Crippen LogP) is 2.20. The molecule has 0 saturated heterocycles. The van der Waals surface area contributed by atoms with Crippen LogP contribution in [0.4, 0.5) is 0 Å². The van der Waals surface area contributed by atoms with E-state index >= 15 is 0 Å². The van der Waals surface area contributed by atoms with Crippen LogP contribution in [-0.2, 0) is 4.79 Å². The van der Waals surface area contributed by atoms with Gasteiger partial charge in [-0.25, -0.2) is 5.01 Å². The first kappa shape index (κ1) is 14.0. The molecule has 0 bridgehead atoms. The van der Waals surface area contributed by atoms with E-state index < -0.39 is 0 Å². The highest BCUT2D eigenvalue weighted by Crippen LogP contribution is 2.23. The van der Waals surface area contributed by atoms with E-state index in [9.17, 15) is 4.79 Å². The molecule has 1 aromatic carbocycles. The number of ether oxygens (including phenoxy) is 1. The second kappa shape index (κ2) is 7.29. The second-order valence-electron chi connectivity index (χ2n) is 3.81. The van der Waals surface area contributed by atoms with E-state index in [1.54, 1.807) is 19.1 Å². The number of rotatable bonds is 6. The average molecular weight is 301 g/mol. The number of hydrogen-bond acceptors (Lipinski definition) is 3. The lowest BCUT2D eigenvalue weighted by atomic mass is 10.3. The molecule has 94 valence electrons. The first-order chi connectivity index (χ1) is 8.09. The standard InChI is InChI=1S/C12H17BrN2O2/c1-15(2)14-12(16)8-5-9-17-11-7-4-3-6-10(11)13/h3-4,6-7H,5,8-9H2,1-2H3,(H,14,16). The summed E-state index contributed by atoms with van der Waals surface area (Å²) in [7, 11) is 3.57. The van der Waals surface area contributed by atoms with Gasteiger partial charge in [-0.15, -0.1) is 0 Å². The van der Waals surface area contributed by atoms with Crippen LogP contribution in [0.5, 0.6) is 5.75 Å². The van der Waals surface area contributed by atoms with Gasteiger partial charge in [-0.2, -0.15) is 0 Å². The van der Waals surface area contributed by atoms with Crippen LogP contribution >= 0.6 is 15.9 Å². The van der Waals surface area contributed by atoms with Gasteiger partial charge in [0.25, 0.3) is 0 Å². The number of hydrazine groups is 1. The van der Waals surface area contributed by atoms with Crippen LogP contribution in [0.15, 0.2) is 28.7 Å². The van der Waals surface area contributed by atoms with E-state index in [2.05, 4.69) is 21.4 Å². The Kier molecular flexibility index (Phi) is 6.00.